The summed E-state index contributed by atoms with van der Waals surface area (Å²) in [7, 11) is 0. The van der Waals surface area contributed by atoms with Crippen LogP contribution in [-0.4, -0.2) is 23.7 Å². The van der Waals surface area contributed by atoms with Gasteiger partial charge in [0, 0.05) is 16.1 Å². The predicted octanol–water partition coefficient (Wildman–Crippen LogP) is 3.73. The summed E-state index contributed by atoms with van der Waals surface area (Å²) >= 11 is 5.82. The van der Waals surface area contributed by atoms with Crippen molar-refractivity contribution in [2.75, 3.05) is 0 Å². The second-order valence-electron chi connectivity index (χ2n) is 6.82. The molecule has 0 aliphatic carbocycles. The van der Waals surface area contributed by atoms with Crippen LogP contribution in [0, 0.1) is 0 Å². The van der Waals surface area contributed by atoms with Gasteiger partial charge in [-0.3, -0.25) is 25.2 Å². The fraction of sp³-hybridized carbons (Fsp3) is 0.125. The van der Waals surface area contributed by atoms with E-state index in [9.17, 15) is 14.4 Å². The Bertz CT molecular complexity index is 1050. The maximum absolute atomic E-state index is 12.4. The number of nitrogens with one attached hydrogen (secondary N) is 2. The van der Waals surface area contributed by atoms with E-state index in [-0.39, 0.29) is 18.1 Å². The Labute approximate surface area is 185 Å². The Morgan fingerprint density at radius 3 is 2.10 bits per heavy atom. The van der Waals surface area contributed by atoms with E-state index in [1.165, 1.54) is 0 Å². The van der Waals surface area contributed by atoms with Crippen LogP contribution in [0.4, 0.5) is 0 Å². The first-order chi connectivity index (χ1) is 14.9. The average molecular weight is 437 g/mol. The van der Waals surface area contributed by atoms with Crippen molar-refractivity contribution in [3.05, 3.63) is 101 Å². The molecular weight excluding hydrogens is 416 g/mol. The second kappa shape index (κ2) is 10.4. The minimum Gasteiger partial charge on any atom is -0.481 e. The van der Waals surface area contributed by atoms with Crippen molar-refractivity contribution < 1.29 is 19.1 Å². The Morgan fingerprint density at radius 1 is 0.839 bits per heavy atom. The molecule has 0 fully saturated rings. The highest BCUT2D eigenvalue weighted by Crippen LogP contribution is 2.17. The molecule has 3 rings (SSSR count). The molecule has 31 heavy (non-hydrogen) atoms. The molecule has 0 radical (unpaired) electrons. The van der Waals surface area contributed by atoms with Crippen LogP contribution >= 0.6 is 11.6 Å². The Morgan fingerprint density at radius 2 is 1.45 bits per heavy atom. The quantitative estimate of drug-likeness (QED) is 0.436. The fourth-order valence-electron chi connectivity index (χ4n) is 2.76. The van der Waals surface area contributed by atoms with Gasteiger partial charge in [-0.25, -0.2) is 0 Å². The topological polar surface area (TPSA) is 84.5 Å². The lowest BCUT2D eigenvalue weighted by molar-refractivity contribution is -0.132. The molecule has 0 heterocycles. The number of benzene rings is 3. The molecule has 3 aromatic rings. The van der Waals surface area contributed by atoms with Crippen LogP contribution in [0.3, 0.4) is 0 Å². The van der Waals surface area contributed by atoms with E-state index in [2.05, 4.69) is 10.9 Å². The van der Waals surface area contributed by atoms with E-state index in [0.29, 0.717) is 21.9 Å². The number of rotatable bonds is 7. The molecule has 7 heteroatoms. The van der Waals surface area contributed by atoms with Crippen LogP contribution in [-0.2, 0) is 16.0 Å². The van der Waals surface area contributed by atoms with Crippen LogP contribution in [0.15, 0.2) is 78.9 Å². The average Bonchev–Trinajstić information content (AvgIpc) is 2.79. The molecule has 0 aliphatic heterocycles. The zero-order valence-corrected chi connectivity index (χ0v) is 17.6. The molecule has 0 bridgehead atoms. The number of halogens is 1. The molecule has 0 saturated heterocycles. The fourth-order valence-corrected chi connectivity index (χ4v) is 2.89. The van der Waals surface area contributed by atoms with Crippen LogP contribution in [0.2, 0.25) is 5.02 Å². The summed E-state index contributed by atoms with van der Waals surface area (Å²) in [4.78, 5) is 36.6. The number of hydrogen-bond donors (Lipinski definition) is 2. The third-order valence-electron chi connectivity index (χ3n) is 4.44. The van der Waals surface area contributed by atoms with Crippen LogP contribution in [0.5, 0.6) is 5.75 Å². The number of ketones is 1. The standard InChI is InChI=1S/C24H21ClN2O4/c1-16(24(30)27-26-22(28)15-17-7-11-20(25)12-8-17)31-21-13-9-19(10-14-21)23(29)18-5-3-2-4-6-18/h2-14,16H,15H2,1H3,(H,26,28)(H,27,30)/t16-/m0/s1. The van der Waals surface area contributed by atoms with Gasteiger partial charge >= 0.3 is 0 Å². The summed E-state index contributed by atoms with van der Waals surface area (Å²) in [6.45, 7) is 1.56. The van der Waals surface area contributed by atoms with Gasteiger partial charge in [-0.05, 0) is 48.9 Å². The van der Waals surface area contributed by atoms with Crippen LogP contribution < -0.4 is 15.6 Å². The third-order valence-corrected chi connectivity index (χ3v) is 4.69. The summed E-state index contributed by atoms with van der Waals surface area (Å²) in [6.07, 6.45) is -0.754. The molecule has 0 unspecified atom stereocenters. The largest absolute Gasteiger partial charge is 0.481 e. The van der Waals surface area contributed by atoms with Crippen molar-refractivity contribution in [3.63, 3.8) is 0 Å². The maximum atomic E-state index is 12.4. The lowest BCUT2D eigenvalue weighted by atomic mass is 10.0. The van der Waals surface area contributed by atoms with Crippen molar-refractivity contribution in [2.24, 2.45) is 0 Å². The summed E-state index contributed by atoms with van der Waals surface area (Å²) < 4.78 is 5.59. The minimum absolute atomic E-state index is 0.0960. The van der Waals surface area contributed by atoms with Crippen molar-refractivity contribution >= 4 is 29.2 Å². The lowest BCUT2D eigenvalue weighted by Gasteiger charge is -2.15. The molecule has 3 aromatic carbocycles. The van der Waals surface area contributed by atoms with Gasteiger partial charge in [0.15, 0.2) is 11.9 Å². The van der Waals surface area contributed by atoms with E-state index in [0.717, 1.165) is 5.56 Å². The van der Waals surface area contributed by atoms with Crippen molar-refractivity contribution in [1.29, 1.82) is 0 Å². The van der Waals surface area contributed by atoms with Gasteiger partial charge in [-0.15, -0.1) is 0 Å². The smallest absolute Gasteiger partial charge is 0.279 e. The number of amides is 2. The molecule has 158 valence electrons. The van der Waals surface area contributed by atoms with Gasteiger partial charge < -0.3 is 4.74 Å². The molecular formula is C24H21ClN2O4. The van der Waals surface area contributed by atoms with Crippen molar-refractivity contribution in [3.8, 4) is 5.75 Å². The number of carbonyl (C=O) groups is 3. The molecule has 0 saturated carbocycles. The van der Waals surface area contributed by atoms with Gasteiger partial charge in [0.05, 0.1) is 6.42 Å². The SMILES string of the molecule is C[C@H](Oc1ccc(C(=O)c2ccccc2)cc1)C(=O)NNC(=O)Cc1ccc(Cl)cc1. The molecule has 2 N–H and O–H groups in total. The number of ether oxygens (including phenoxy) is 1. The minimum atomic E-state index is -0.855. The van der Waals surface area contributed by atoms with E-state index < -0.39 is 12.0 Å². The van der Waals surface area contributed by atoms with Gasteiger partial charge in [-0.2, -0.15) is 0 Å². The summed E-state index contributed by atoms with van der Waals surface area (Å²) in [5, 5.41) is 0.584. The molecule has 1 atom stereocenters. The molecule has 0 aliphatic rings. The lowest BCUT2D eigenvalue weighted by Crippen LogP contribution is -2.47. The Balaban J connectivity index is 1.48. The second-order valence-corrected chi connectivity index (χ2v) is 7.26. The monoisotopic (exact) mass is 436 g/mol. The molecule has 2 amide bonds. The Kier molecular flexibility index (Phi) is 7.40. The van der Waals surface area contributed by atoms with Gasteiger partial charge in [0.25, 0.3) is 5.91 Å². The molecule has 6 nitrogen and oxygen atoms in total. The highest BCUT2D eigenvalue weighted by Gasteiger charge is 2.16. The first-order valence-corrected chi connectivity index (χ1v) is 10.00. The highest BCUT2D eigenvalue weighted by atomic mass is 35.5. The van der Waals surface area contributed by atoms with Crippen LogP contribution in [0.1, 0.15) is 28.4 Å². The third kappa shape index (κ3) is 6.42. The predicted molar refractivity (Wildman–Crippen MR) is 118 cm³/mol. The highest BCUT2D eigenvalue weighted by molar-refractivity contribution is 6.30. The van der Waals surface area contributed by atoms with Gasteiger partial charge in [-0.1, -0.05) is 54.1 Å². The van der Waals surface area contributed by atoms with Crippen molar-refractivity contribution in [2.45, 2.75) is 19.4 Å². The molecule has 0 spiro atoms. The van der Waals surface area contributed by atoms with Crippen molar-refractivity contribution in [1.82, 2.24) is 10.9 Å². The Hall–Kier alpha value is -3.64. The number of carbonyl (C=O) groups excluding carboxylic acids is 3. The van der Waals surface area contributed by atoms with E-state index in [4.69, 9.17) is 16.3 Å². The summed E-state index contributed by atoms with van der Waals surface area (Å²) in [5.41, 5.74) is 6.58. The zero-order valence-electron chi connectivity index (χ0n) is 16.8. The van der Waals surface area contributed by atoms with E-state index in [1.807, 2.05) is 6.07 Å². The number of hydrogen-bond acceptors (Lipinski definition) is 4. The number of hydrazine groups is 1. The van der Waals surface area contributed by atoms with Gasteiger partial charge in [0.2, 0.25) is 5.91 Å². The summed E-state index contributed by atoms with van der Waals surface area (Å²) in [5.74, 6) is -0.540. The zero-order chi connectivity index (χ0) is 22.2. The van der Waals surface area contributed by atoms with E-state index >= 15 is 0 Å². The first kappa shape index (κ1) is 22.1. The van der Waals surface area contributed by atoms with E-state index in [1.54, 1.807) is 79.7 Å². The molecule has 0 aromatic heterocycles. The normalized spacial score (nSPS) is 11.3. The summed E-state index contributed by atoms with van der Waals surface area (Å²) in [6, 6.07) is 22.3. The first-order valence-electron chi connectivity index (χ1n) is 9.62. The van der Waals surface area contributed by atoms with Crippen LogP contribution in [0.25, 0.3) is 0 Å². The maximum Gasteiger partial charge on any atom is 0.279 e. The van der Waals surface area contributed by atoms with Gasteiger partial charge in [0.1, 0.15) is 5.75 Å².